The number of thioether (sulfide) groups is 1. The van der Waals surface area contributed by atoms with Crippen LogP contribution >= 0.6 is 11.8 Å². The number of rotatable bonds is 8. The predicted molar refractivity (Wildman–Crippen MR) is 87.3 cm³/mol. The summed E-state index contributed by atoms with van der Waals surface area (Å²) < 4.78 is 13.6. The van der Waals surface area contributed by atoms with Gasteiger partial charge in [-0.1, -0.05) is 12.1 Å². The summed E-state index contributed by atoms with van der Waals surface area (Å²) in [5, 5.41) is 3.59. The van der Waals surface area contributed by atoms with E-state index in [9.17, 15) is 4.39 Å². The molecule has 3 rings (SSSR count). The van der Waals surface area contributed by atoms with Gasteiger partial charge in [-0.3, -0.25) is 0 Å². The molecule has 0 bridgehead atoms. The van der Waals surface area contributed by atoms with E-state index in [0.29, 0.717) is 6.04 Å². The average Bonchev–Trinajstić information content (AvgIpc) is 3.14. The van der Waals surface area contributed by atoms with Crippen LogP contribution in [0.1, 0.15) is 25.7 Å². The quantitative estimate of drug-likeness (QED) is 0.741. The summed E-state index contributed by atoms with van der Waals surface area (Å²) in [5.74, 6) is 1.80. The second-order valence-electron chi connectivity index (χ2n) is 6.28. The SMILES string of the molecule is Fc1ccccc1SCCN(CC1CC1)CC1CCCN1. The monoisotopic (exact) mass is 308 g/mol. The highest BCUT2D eigenvalue weighted by Crippen LogP contribution is 2.30. The van der Waals surface area contributed by atoms with Crippen molar-refractivity contribution >= 4 is 11.8 Å². The largest absolute Gasteiger partial charge is 0.313 e. The van der Waals surface area contributed by atoms with Gasteiger partial charge >= 0.3 is 0 Å². The fourth-order valence-electron chi connectivity index (χ4n) is 2.99. The molecule has 0 amide bonds. The van der Waals surface area contributed by atoms with Crippen LogP contribution in [-0.4, -0.2) is 42.9 Å². The van der Waals surface area contributed by atoms with Crippen LogP contribution in [0, 0.1) is 11.7 Å². The maximum Gasteiger partial charge on any atom is 0.136 e. The third-order valence-electron chi connectivity index (χ3n) is 4.36. The molecule has 1 unspecified atom stereocenters. The molecule has 21 heavy (non-hydrogen) atoms. The zero-order valence-corrected chi connectivity index (χ0v) is 13.4. The molecule has 2 fully saturated rings. The van der Waals surface area contributed by atoms with E-state index in [0.717, 1.165) is 29.7 Å². The van der Waals surface area contributed by atoms with Gasteiger partial charge in [0.2, 0.25) is 0 Å². The van der Waals surface area contributed by atoms with Crippen LogP contribution < -0.4 is 5.32 Å². The minimum absolute atomic E-state index is 0.0892. The number of halogens is 1. The lowest BCUT2D eigenvalue weighted by molar-refractivity contribution is 0.253. The van der Waals surface area contributed by atoms with Crippen LogP contribution in [0.3, 0.4) is 0 Å². The summed E-state index contributed by atoms with van der Waals surface area (Å²) in [6, 6.07) is 7.76. The van der Waals surface area contributed by atoms with Gasteiger partial charge in [-0.15, -0.1) is 11.8 Å². The lowest BCUT2D eigenvalue weighted by atomic mass is 10.2. The Labute approximate surface area is 131 Å². The number of benzene rings is 1. The van der Waals surface area contributed by atoms with E-state index in [-0.39, 0.29) is 5.82 Å². The fraction of sp³-hybridized carbons (Fsp3) is 0.647. The first kappa shape index (κ1) is 15.3. The highest BCUT2D eigenvalue weighted by molar-refractivity contribution is 7.99. The molecule has 1 aromatic carbocycles. The Morgan fingerprint density at radius 3 is 2.76 bits per heavy atom. The standard InChI is InChI=1S/C17H25FN2S/c18-16-5-1-2-6-17(16)21-11-10-20(12-14-7-8-14)13-15-4-3-9-19-15/h1-2,5-6,14-15,19H,3-4,7-13H2. The molecule has 1 aliphatic carbocycles. The number of hydrogen-bond donors (Lipinski definition) is 1. The van der Waals surface area contributed by atoms with Crippen molar-refractivity contribution in [2.75, 3.05) is 31.9 Å². The normalized spacial score (nSPS) is 22.1. The molecule has 1 aliphatic heterocycles. The lowest BCUT2D eigenvalue weighted by Crippen LogP contribution is -2.39. The van der Waals surface area contributed by atoms with Gasteiger partial charge in [0, 0.05) is 36.3 Å². The molecule has 1 heterocycles. The Kier molecular flexibility index (Phi) is 5.55. The zero-order chi connectivity index (χ0) is 14.5. The molecule has 116 valence electrons. The van der Waals surface area contributed by atoms with E-state index in [4.69, 9.17) is 0 Å². The Morgan fingerprint density at radius 2 is 2.05 bits per heavy atom. The summed E-state index contributed by atoms with van der Waals surface area (Å²) in [6.07, 6.45) is 5.41. The van der Waals surface area contributed by atoms with Crippen LogP contribution in [-0.2, 0) is 0 Å². The molecular weight excluding hydrogens is 283 g/mol. The van der Waals surface area contributed by atoms with Gasteiger partial charge in [-0.05, 0) is 50.3 Å². The molecule has 1 atom stereocenters. The van der Waals surface area contributed by atoms with Crippen molar-refractivity contribution in [2.45, 2.75) is 36.6 Å². The fourth-order valence-corrected chi connectivity index (χ4v) is 3.94. The maximum absolute atomic E-state index is 13.6. The minimum atomic E-state index is -0.0892. The van der Waals surface area contributed by atoms with Gasteiger partial charge < -0.3 is 10.2 Å². The van der Waals surface area contributed by atoms with Crippen LogP contribution in [0.2, 0.25) is 0 Å². The molecule has 2 aliphatic rings. The van der Waals surface area contributed by atoms with Crippen LogP contribution in [0.5, 0.6) is 0 Å². The summed E-state index contributed by atoms with van der Waals surface area (Å²) in [5.41, 5.74) is 0. The molecule has 0 aromatic heterocycles. The molecule has 0 radical (unpaired) electrons. The van der Waals surface area contributed by atoms with Crippen LogP contribution in [0.25, 0.3) is 0 Å². The van der Waals surface area contributed by atoms with Gasteiger partial charge in [-0.25, -0.2) is 4.39 Å². The van der Waals surface area contributed by atoms with Crippen molar-refractivity contribution in [3.05, 3.63) is 30.1 Å². The highest BCUT2D eigenvalue weighted by atomic mass is 32.2. The van der Waals surface area contributed by atoms with E-state index >= 15 is 0 Å². The number of nitrogens with zero attached hydrogens (tertiary/aromatic N) is 1. The first-order chi connectivity index (χ1) is 10.3. The summed E-state index contributed by atoms with van der Waals surface area (Å²) in [4.78, 5) is 3.37. The van der Waals surface area contributed by atoms with Gasteiger partial charge in [0.15, 0.2) is 0 Å². The molecule has 1 aromatic rings. The summed E-state index contributed by atoms with van der Waals surface area (Å²) in [6.45, 7) is 4.63. The van der Waals surface area contributed by atoms with Crippen molar-refractivity contribution < 1.29 is 4.39 Å². The topological polar surface area (TPSA) is 15.3 Å². The first-order valence-corrected chi connectivity index (χ1v) is 9.13. The van der Waals surface area contributed by atoms with E-state index in [1.807, 2.05) is 12.1 Å². The lowest BCUT2D eigenvalue weighted by Gasteiger charge is -2.25. The van der Waals surface area contributed by atoms with Crippen LogP contribution in [0.15, 0.2) is 29.2 Å². The molecular formula is C17H25FN2S. The average molecular weight is 308 g/mol. The van der Waals surface area contributed by atoms with E-state index in [1.165, 1.54) is 38.8 Å². The zero-order valence-electron chi connectivity index (χ0n) is 12.6. The first-order valence-electron chi connectivity index (χ1n) is 8.14. The van der Waals surface area contributed by atoms with E-state index in [2.05, 4.69) is 10.2 Å². The Bertz CT molecular complexity index is 444. The second kappa shape index (κ2) is 7.61. The van der Waals surface area contributed by atoms with Gasteiger partial charge in [0.05, 0.1) is 0 Å². The van der Waals surface area contributed by atoms with E-state index in [1.54, 1.807) is 23.9 Å². The highest BCUT2D eigenvalue weighted by Gasteiger charge is 2.26. The second-order valence-corrected chi connectivity index (χ2v) is 7.41. The summed E-state index contributed by atoms with van der Waals surface area (Å²) in [7, 11) is 0. The Morgan fingerprint density at radius 1 is 1.19 bits per heavy atom. The third kappa shape index (κ3) is 4.97. The van der Waals surface area contributed by atoms with Gasteiger partial charge in [-0.2, -0.15) is 0 Å². The van der Waals surface area contributed by atoms with Crippen LogP contribution in [0.4, 0.5) is 4.39 Å². The molecule has 1 saturated carbocycles. The molecule has 1 saturated heterocycles. The van der Waals surface area contributed by atoms with Crippen molar-refractivity contribution in [1.29, 1.82) is 0 Å². The van der Waals surface area contributed by atoms with Crippen molar-refractivity contribution in [2.24, 2.45) is 5.92 Å². The van der Waals surface area contributed by atoms with Gasteiger partial charge in [0.1, 0.15) is 5.82 Å². The van der Waals surface area contributed by atoms with Crippen molar-refractivity contribution in [1.82, 2.24) is 10.2 Å². The van der Waals surface area contributed by atoms with Crippen molar-refractivity contribution in [3.63, 3.8) is 0 Å². The predicted octanol–water partition coefficient (Wildman–Crippen LogP) is 3.38. The Hall–Kier alpha value is -0.580. The van der Waals surface area contributed by atoms with Crippen molar-refractivity contribution in [3.8, 4) is 0 Å². The number of nitrogens with one attached hydrogen (secondary N) is 1. The molecule has 4 heteroatoms. The minimum Gasteiger partial charge on any atom is -0.313 e. The molecule has 2 nitrogen and oxygen atoms in total. The van der Waals surface area contributed by atoms with Gasteiger partial charge in [0.25, 0.3) is 0 Å². The van der Waals surface area contributed by atoms with E-state index < -0.39 is 0 Å². The molecule has 1 N–H and O–H groups in total. The third-order valence-corrected chi connectivity index (χ3v) is 5.38. The maximum atomic E-state index is 13.6. The summed E-state index contributed by atoms with van der Waals surface area (Å²) >= 11 is 1.64. The number of hydrogen-bond acceptors (Lipinski definition) is 3. The Balaban J connectivity index is 1.45. The molecule has 0 spiro atoms. The smallest absolute Gasteiger partial charge is 0.136 e.